The normalized spacial score (nSPS) is 14.5. The number of pyridine rings is 2. The Bertz CT molecular complexity index is 1550. The summed E-state index contributed by atoms with van der Waals surface area (Å²) in [5.41, 5.74) is 0.747. The predicted octanol–water partition coefficient (Wildman–Crippen LogP) is 4.92. The molecule has 0 unspecified atom stereocenters. The van der Waals surface area contributed by atoms with Gasteiger partial charge in [0.15, 0.2) is 15.7 Å². The number of halogens is 3. The smallest absolute Gasteiger partial charge is 0.417 e. The fourth-order valence-electron chi connectivity index (χ4n) is 4.07. The summed E-state index contributed by atoms with van der Waals surface area (Å²) in [6.45, 7) is 3.44. The van der Waals surface area contributed by atoms with E-state index in [9.17, 15) is 26.7 Å². The highest BCUT2D eigenvalue weighted by atomic mass is 32.2. The summed E-state index contributed by atoms with van der Waals surface area (Å²) in [6, 6.07) is 3.83. The Balaban J connectivity index is 1.65. The average Bonchev–Trinajstić information content (AvgIpc) is 3.59. The van der Waals surface area contributed by atoms with Gasteiger partial charge in [-0.1, -0.05) is 6.92 Å². The molecule has 0 atom stereocenters. The van der Waals surface area contributed by atoms with Crippen molar-refractivity contribution in [1.82, 2.24) is 24.5 Å². The molecule has 3 aliphatic rings. The molecule has 0 radical (unpaired) electrons. The first-order valence-corrected chi connectivity index (χ1v) is 13.0. The van der Waals surface area contributed by atoms with E-state index in [1.807, 2.05) is 0 Å². The van der Waals surface area contributed by atoms with E-state index in [1.165, 1.54) is 36.0 Å². The largest absolute Gasteiger partial charge is 0.493 e. The van der Waals surface area contributed by atoms with Gasteiger partial charge in [0.2, 0.25) is 5.88 Å². The molecule has 0 amide bonds. The number of aryl methyl sites for hydroxylation is 1. The molecule has 12 heteroatoms. The van der Waals surface area contributed by atoms with Crippen molar-refractivity contribution in [3.63, 3.8) is 0 Å². The van der Waals surface area contributed by atoms with Crippen molar-refractivity contribution in [1.29, 1.82) is 0 Å². The van der Waals surface area contributed by atoms with Crippen LogP contribution in [0.4, 0.5) is 13.2 Å². The summed E-state index contributed by atoms with van der Waals surface area (Å²) in [7, 11) is -3.82. The van der Waals surface area contributed by atoms with Crippen LogP contribution in [0.25, 0.3) is 34.2 Å². The molecule has 2 aliphatic heterocycles. The molecule has 0 aromatic carbocycles. The standard InChI is InChI=1S/C24H22F3N5O3S/c1-3-32-12-15(24(25,26)27)8-17-19(32)9-18(30-17)21-20(36(34,35)4-2)7-14(10-28-21)22-29-11-16(13-5-6-13)23(33)31-22/h7-13H,3-6H2,1-2H3,(H,29,31,33). The van der Waals surface area contributed by atoms with Gasteiger partial charge in [0.25, 0.3) is 0 Å². The molecule has 2 aromatic rings. The highest BCUT2D eigenvalue weighted by molar-refractivity contribution is 7.91. The van der Waals surface area contributed by atoms with Gasteiger partial charge >= 0.3 is 6.18 Å². The Morgan fingerprint density at radius 3 is 2.42 bits per heavy atom. The van der Waals surface area contributed by atoms with E-state index in [0.717, 1.165) is 25.1 Å². The highest BCUT2D eigenvalue weighted by Crippen LogP contribution is 2.43. The molecule has 0 spiro atoms. The SMILES string of the molecule is CCn1cc(C(F)(F)F)cc2nc(-c3ncc(-c4ncc(C5CC5)c(O)n4)cc3S(=O)(=O)CC)cc1-2. The number of fused-ring (bicyclic) bond motifs is 1. The number of aromatic hydroxyl groups is 1. The van der Waals surface area contributed by atoms with Crippen molar-refractivity contribution in [3.05, 3.63) is 47.9 Å². The minimum atomic E-state index is -4.55. The molecule has 1 N–H and O–H groups in total. The number of rotatable bonds is 6. The topological polar surface area (TPSA) is 111 Å². The quantitative estimate of drug-likeness (QED) is 0.386. The molecule has 0 bridgehead atoms. The van der Waals surface area contributed by atoms with E-state index in [2.05, 4.69) is 19.9 Å². The Morgan fingerprint density at radius 2 is 1.81 bits per heavy atom. The lowest BCUT2D eigenvalue weighted by Crippen LogP contribution is -2.10. The van der Waals surface area contributed by atoms with Crippen LogP contribution < -0.4 is 0 Å². The molecule has 8 nitrogen and oxygen atoms in total. The maximum Gasteiger partial charge on any atom is 0.417 e. The van der Waals surface area contributed by atoms with Gasteiger partial charge in [-0.15, -0.1) is 0 Å². The van der Waals surface area contributed by atoms with Gasteiger partial charge in [-0.2, -0.15) is 18.2 Å². The third-order valence-corrected chi connectivity index (χ3v) is 7.96. The van der Waals surface area contributed by atoms with Crippen molar-refractivity contribution < 1.29 is 26.7 Å². The van der Waals surface area contributed by atoms with Crippen LogP contribution in [-0.4, -0.2) is 43.8 Å². The minimum Gasteiger partial charge on any atom is -0.493 e. The second-order valence-corrected chi connectivity index (χ2v) is 10.9. The number of hydrogen-bond donors (Lipinski definition) is 1. The summed E-state index contributed by atoms with van der Waals surface area (Å²) in [4.78, 5) is 16.9. The first kappa shape index (κ1) is 24.2. The van der Waals surface area contributed by atoms with Crippen LogP contribution in [0, 0.1) is 0 Å². The maximum absolute atomic E-state index is 13.4. The Morgan fingerprint density at radius 1 is 1.06 bits per heavy atom. The van der Waals surface area contributed by atoms with E-state index in [1.54, 1.807) is 6.92 Å². The summed E-state index contributed by atoms with van der Waals surface area (Å²) in [5, 5.41) is 10.3. The van der Waals surface area contributed by atoms with Crippen molar-refractivity contribution in [2.45, 2.75) is 50.2 Å². The molecule has 1 aliphatic carbocycles. The molecule has 0 saturated heterocycles. The van der Waals surface area contributed by atoms with Gasteiger partial charge in [0, 0.05) is 36.3 Å². The van der Waals surface area contributed by atoms with Gasteiger partial charge in [-0.25, -0.2) is 18.4 Å². The third kappa shape index (κ3) is 4.29. The molecule has 1 saturated carbocycles. The molecular formula is C24H22F3N5O3S. The van der Waals surface area contributed by atoms with Crippen LogP contribution in [0.15, 0.2) is 41.7 Å². The zero-order valence-electron chi connectivity index (χ0n) is 19.4. The highest BCUT2D eigenvalue weighted by Gasteiger charge is 2.33. The zero-order valence-corrected chi connectivity index (χ0v) is 20.2. The first-order chi connectivity index (χ1) is 17.0. The lowest BCUT2D eigenvalue weighted by atomic mass is 10.1. The zero-order chi connectivity index (χ0) is 25.8. The molecule has 5 rings (SSSR count). The van der Waals surface area contributed by atoms with Crippen LogP contribution >= 0.6 is 0 Å². The number of alkyl halides is 3. The lowest BCUT2D eigenvalue weighted by Gasteiger charge is -2.14. The summed E-state index contributed by atoms with van der Waals surface area (Å²) >= 11 is 0. The van der Waals surface area contributed by atoms with E-state index in [0.29, 0.717) is 11.3 Å². The van der Waals surface area contributed by atoms with Gasteiger partial charge in [0.1, 0.15) is 5.69 Å². The van der Waals surface area contributed by atoms with Crippen molar-refractivity contribution in [2.24, 2.45) is 0 Å². The fraction of sp³-hybridized carbons (Fsp3) is 0.333. The monoisotopic (exact) mass is 517 g/mol. The van der Waals surface area contributed by atoms with Gasteiger partial charge in [-0.05, 0) is 43.9 Å². The van der Waals surface area contributed by atoms with Gasteiger partial charge < -0.3 is 9.67 Å². The third-order valence-electron chi connectivity index (χ3n) is 6.22. The number of nitrogens with zero attached hydrogens (tertiary/aromatic N) is 5. The first-order valence-electron chi connectivity index (χ1n) is 11.4. The Hall–Kier alpha value is -3.54. The number of sulfone groups is 1. The number of aromatic nitrogens is 5. The van der Waals surface area contributed by atoms with E-state index in [-0.39, 0.29) is 57.5 Å². The average molecular weight is 518 g/mol. The maximum atomic E-state index is 13.4. The summed E-state index contributed by atoms with van der Waals surface area (Å²) in [5.74, 6) is -0.0368. The van der Waals surface area contributed by atoms with Crippen LogP contribution in [0.3, 0.4) is 0 Å². The molecule has 188 valence electrons. The summed E-state index contributed by atoms with van der Waals surface area (Å²) < 4.78 is 67.5. The Labute approximate surface area is 205 Å². The van der Waals surface area contributed by atoms with Crippen molar-refractivity contribution in [2.75, 3.05) is 5.75 Å². The molecule has 1 fully saturated rings. The molecule has 4 heterocycles. The minimum absolute atomic E-state index is 0.0202. The summed E-state index contributed by atoms with van der Waals surface area (Å²) in [6.07, 6.45) is 1.25. The van der Waals surface area contributed by atoms with Gasteiger partial charge in [-0.3, -0.25) is 4.98 Å². The van der Waals surface area contributed by atoms with Crippen LogP contribution in [0.2, 0.25) is 0 Å². The Kier molecular flexibility index (Phi) is 5.73. The van der Waals surface area contributed by atoms with Crippen LogP contribution in [0.1, 0.15) is 43.7 Å². The molecular weight excluding hydrogens is 495 g/mol. The number of hydrogen-bond acceptors (Lipinski definition) is 7. The van der Waals surface area contributed by atoms with E-state index in [4.69, 9.17) is 0 Å². The predicted molar refractivity (Wildman–Crippen MR) is 125 cm³/mol. The fourth-order valence-corrected chi connectivity index (χ4v) is 5.14. The van der Waals surface area contributed by atoms with Gasteiger partial charge in [0.05, 0.1) is 33.3 Å². The van der Waals surface area contributed by atoms with Crippen molar-refractivity contribution in [3.8, 4) is 40.0 Å². The van der Waals surface area contributed by atoms with Crippen LogP contribution in [-0.2, 0) is 22.6 Å². The van der Waals surface area contributed by atoms with Crippen LogP contribution in [0.5, 0.6) is 5.88 Å². The molecule has 2 aromatic heterocycles. The lowest BCUT2D eigenvalue weighted by molar-refractivity contribution is -0.138. The van der Waals surface area contributed by atoms with E-state index < -0.39 is 21.6 Å². The van der Waals surface area contributed by atoms with Crippen molar-refractivity contribution >= 4 is 9.84 Å². The second kappa shape index (κ2) is 8.54. The second-order valence-electron chi connectivity index (χ2n) is 8.65. The molecule has 36 heavy (non-hydrogen) atoms. The van der Waals surface area contributed by atoms with E-state index >= 15 is 0 Å².